The zero-order chi connectivity index (χ0) is 12.1. The van der Waals surface area contributed by atoms with Gasteiger partial charge in [0.25, 0.3) is 0 Å². The Morgan fingerprint density at radius 3 is 2.38 bits per heavy atom. The fourth-order valence-corrected chi connectivity index (χ4v) is 1.71. The van der Waals surface area contributed by atoms with Crippen LogP contribution in [0.5, 0.6) is 0 Å². The van der Waals surface area contributed by atoms with Gasteiger partial charge in [0.1, 0.15) is 0 Å². The molecule has 0 aromatic carbocycles. The Morgan fingerprint density at radius 2 is 1.94 bits per heavy atom. The minimum Gasteiger partial charge on any atom is -0.481 e. The number of nitrogens with zero attached hydrogens (tertiary/aromatic N) is 2. The fraction of sp³-hybridized carbons (Fsp3) is 0.800. The van der Waals surface area contributed by atoms with Crippen LogP contribution < -0.4 is 5.43 Å². The Labute approximate surface area is 95.2 Å². The molecule has 1 rings (SSSR count). The number of hydrazine groups is 1. The maximum Gasteiger partial charge on any atom is 0.306 e. The Kier molecular flexibility index (Phi) is 4.70. The number of nitrogens with one attached hydrogen (secondary N) is 1. The van der Waals surface area contributed by atoms with Crippen molar-refractivity contribution in [3.05, 3.63) is 0 Å². The predicted octanol–water partition coefficient (Wildman–Crippen LogP) is -0.624. The number of aliphatic carboxylic acids is 1. The summed E-state index contributed by atoms with van der Waals surface area (Å²) in [5, 5.41) is 10.5. The summed E-state index contributed by atoms with van der Waals surface area (Å²) in [5.41, 5.74) is 2.90. The number of amides is 1. The Morgan fingerprint density at radius 1 is 1.38 bits per heavy atom. The number of carboxylic acid groups (broad SMARTS) is 1. The number of piperidine rings is 1. The first-order chi connectivity index (χ1) is 7.50. The van der Waals surface area contributed by atoms with Gasteiger partial charge in [-0.25, -0.2) is 5.43 Å². The van der Waals surface area contributed by atoms with E-state index in [-0.39, 0.29) is 18.4 Å². The lowest BCUT2D eigenvalue weighted by Gasteiger charge is -2.30. The monoisotopic (exact) mass is 229 g/mol. The van der Waals surface area contributed by atoms with Gasteiger partial charge in [0.15, 0.2) is 0 Å². The average molecular weight is 229 g/mol. The third-order valence-corrected chi connectivity index (χ3v) is 2.74. The highest BCUT2D eigenvalue weighted by Gasteiger charge is 2.26. The van der Waals surface area contributed by atoms with E-state index in [1.165, 1.54) is 0 Å². The summed E-state index contributed by atoms with van der Waals surface area (Å²) in [6, 6.07) is 0. The van der Waals surface area contributed by atoms with Crippen LogP contribution in [0.3, 0.4) is 0 Å². The summed E-state index contributed by atoms with van der Waals surface area (Å²) in [7, 11) is 3.65. The molecule has 92 valence electrons. The second kappa shape index (κ2) is 5.81. The average Bonchev–Trinajstić information content (AvgIpc) is 2.26. The van der Waals surface area contributed by atoms with E-state index in [2.05, 4.69) is 5.43 Å². The molecule has 6 heteroatoms. The molecule has 16 heavy (non-hydrogen) atoms. The molecule has 0 aromatic rings. The van der Waals surface area contributed by atoms with Crippen LogP contribution in [-0.4, -0.2) is 60.6 Å². The van der Waals surface area contributed by atoms with E-state index in [0.29, 0.717) is 25.9 Å². The molecule has 0 aliphatic carbocycles. The van der Waals surface area contributed by atoms with E-state index in [1.807, 2.05) is 14.1 Å². The van der Waals surface area contributed by atoms with E-state index in [0.717, 1.165) is 0 Å². The topological polar surface area (TPSA) is 72.9 Å². The van der Waals surface area contributed by atoms with Crippen molar-refractivity contribution < 1.29 is 14.7 Å². The first-order valence-electron chi connectivity index (χ1n) is 5.42. The molecule has 6 nitrogen and oxygen atoms in total. The molecule has 0 unspecified atom stereocenters. The van der Waals surface area contributed by atoms with E-state index in [4.69, 9.17) is 5.11 Å². The second-order valence-corrected chi connectivity index (χ2v) is 4.22. The maximum atomic E-state index is 11.7. The van der Waals surface area contributed by atoms with Crippen LogP contribution in [0.25, 0.3) is 0 Å². The summed E-state index contributed by atoms with van der Waals surface area (Å²) >= 11 is 0. The van der Waals surface area contributed by atoms with Crippen LogP contribution in [0.1, 0.15) is 12.8 Å². The van der Waals surface area contributed by atoms with Crippen molar-refractivity contribution in [2.75, 3.05) is 33.7 Å². The quantitative estimate of drug-likeness (QED) is 0.628. The second-order valence-electron chi connectivity index (χ2n) is 4.22. The number of hydrogen-bond acceptors (Lipinski definition) is 4. The molecule has 0 radical (unpaired) electrons. The van der Waals surface area contributed by atoms with Gasteiger partial charge < -0.3 is 10.0 Å². The third-order valence-electron chi connectivity index (χ3n) is 2.74. The Hall–Kier alpha value is -1.14. The lowest BCUT2D eigenvalue weighted by molar-refractivity contribution is -0.145. The van der Waals surface area contributed by atoms with Gasteiger partial charge in [-0.3, -0.25) is 14.6 Å². The minimum atomic E-state index is -0.751. The summed E-state index contributed by atoms with van der Waals surface area (Å²) in [6.45, 7) is 1.36. The van der Waals surface area contributed by atoms with Crippen LogP contribution >= 0.6 is 0 Å². The maximum absolute atomic E-state index is 11.7. The van der Waals surface area contributed by atoms with E-state index < -0.39 is 5.97 Å². The van der Waals surface area contributed by atoms with Crippen LogP contribution in [-0.2, 0) is 9.59 Å². The van der Waals surface area contributed by atoms with E-state index in [1.54, 1.807) is 9.91 Å². The highest BCUT2D eigenvalue weighted by molar-refractivity contribution is 5.78. The Balaban J connectivity index is 2.30. The lowest BCUT2D eigenvalue weighted by Crippen LogP contribution is -2.46. The first kappa shape index (κ1) is 12.9. The van der Waals surface area contributed by atoms with Crippen molar-refractivity contribution >= 4 is 11.9 Å². The molecule has 0 spiro atoms. The summed E-state index contributed by atoms with van der Waals surface area (Å²) in [6.07, 6.45) is 1.12. The normalized spacial score (nSPS) is 17.8. The van der Waals surface area contributed by atoms with Crippen LogP contribution in [0, 0.1) is 5.92 Å². The fourth-order valence-electron chi connectivity index (χ4n) is 1.71. The number of carbonyl (C=O) groups is 2. The molecule has 2 N–H and O–H groups in total. The summed E-state index contributed by atoms with van der Waals surface area (Å²) < 4.78 is 0. The van der Waals surface area contributed by atoms with Crippen LogP contribution in [0.15, 0.2) is 0 Å². The van der Waals surface area contributed by atoms with Crippen molar-refractivity contribution in [2.45, 2.75) is 12.8 Å². The Bertz CT molecular complexity index is 260. The van der Waals surface area contributed by atoms with E-state index in [9.17, 15) is 9.59 Å². The lowest BCUT2D eigenvalue weighted by atomic mass is 9.97. The molecule has 1 aliphatic rings. The van der Waals surface area contributed by atoms with Gasteiger partial charge in [0.05, 0.1) is 12.5 Å². The molecular formula is C10H19N3O3. The molecule has 1 heterocycles. The van der Waals surface area contributed by atoms with Crippen molar-refractivity contribution in [3.8, 4) is 0 Å². The van der Waals surface area contributed by atoms with Crippen LogP contribution in [0.2, 0.25) is 0 Å². The number of carboxylic acids is 1. The van der Waals surface area contributed by atoms with Gasteiger partial charge in [-0.2, -0.15) is 0 Å². The molecule has 0 atom stereocenters. The van der Waals surface area contributed by atoms with E-state index >= 15 is 0 Å². The molecule has 0 aromatic heterocycles. The zero-order valence-electron chi connectivity index (χ0n) is 9.77. The highest BCUT2D eigenvalue weighted by atomic mass is 16.4. The molecule has 1 amide bonds. The van der Waals surface area contributed by atoms with Crippen LogP contribution in [0.4, 0.5) is 0 Å². The van der Waals surface area contributed by atoms with Gasteiger partial charge in [0, 0.05) is 27.2 Å². The van der Waals surface area contributed by atoms with Gasteiger partial charge in [-0.05, 0) is 12.8 Å². The SMILES string of the molecule is CN(C)NCC(=O)N1CCC(C(=O)O)CC1. The van der Waals surface area contributed by atoms with Gasteiger partial charge in [0.2, 0.25) is 5.91 Å². The smallest absolute Gasteiger partial charge is 0.306 e. The first-order valence-corrected chi connectivity index (χ1v) is 5.42. The van der Waals surface area contributed by atoms with Gasteiger partial charge in [-0.1, -0.05) is 0 Å². The molecule has 1 saturated heterocycles. The molecule has 1 fully saturated rings. The standard InChI is InChI=1S/C10H19N3O3/c1-12(2)11-7-9(14)13-5-3-8(4-6-13)10(15)16/h8,11H,3-7H2,1-2H3,(H,15,16). The van der Waals surface area contributed by atoms with Crippen molar-refractivity contribution in [2.24, 2.45) is 5.92 Å². The molecule has 0 bridgehead atoms. The third kappa shape index (κ3) is 3.79. The number of likely N-dealkylation sites (tertiary alicyclic amines) is 1. The summed E-state index contributed by atoms with van der Waals surface area (Å²) in [5.74, 6) is -1.01. The van der Waals surface area contributed by atoms with Crippen molar-refractivity contribution in [3.63, 3.8) is 0 Å². The largest absolute Gasteiger partial charge is 0.481 e. The van der Waals surface area contributed by atoms with Crippen molar-refractivity contribution in [1.82, 2.24) is 15.3 Å². The van der Waals surface area contributed by atoms with Crippen molar-refractivity contribution in [1.29, 1.82) is 0 Å². The molecule has 1 aliphatic heterocycles. The molecular weight excluding hydrogens is 210 g/mol. The number of carbonyl (C=O) groups excluding carboxylic acids is 1. The zero-order valence-corrected chi connectivity index (χ0v) is 9.77. The van der Waals surface area contributed by atoms with Gasteiger partial charge in [-0.15, -0.1) is 0 Å². The highest BCUT2D eigenvalue weighted by Crippen LogP contribution is 2.16. The number of hydrogen-bond donors (Lipinski definition) is 2. The predicted molar refractivity (Wildman–Crippen MR) is 58.6 cm³/mol. The molecule has 0 saturated carbocycles. The van der Waals surface area contributed by atoms with Gasteiger partial charge >= 0.3 is 5.97 Å². The summed E-state index contributed by atoms with van der Waals surface area (Å²) in [4.78, 5) is 24.1. The minimum absolute atomic E-state index is 0.0255. The number of rotatable bonds is 4.